The fourth-order valence-electron chi connectivity index (χ4n) is 2.72. The number of hydrogen-bond acceptors (Lipinski definition) is 3. The van der Waals surface area contributed by atoms with Crippen LogP contribution in [0.15, 0.2) is 18.3 Å². The van der Waals surface area contributed by atoms with Crippen molar-refractivity contribution in [3.8, 4) is 0 Å². The molecule has 1 aromatic heterocycles. The molecule has 0 bridgehead atoms. The minimum Gasteiger partial charge on any atom is -0.383 e. The van der Waals surface area contributed by atoms with Crippen molar-refractivity contribution in [3.05, 3.63) is 24.0 Å². The topological polar surface area (TPSA) is 60.5 Å². The van der Waals surface area contributed by atoms with E-state index in [4.69, 9.17) is 10.5 Å². The normalized spacial score (nSPS) is 23.6. The van der Waals surface area contributed by atoms with Gasteiger partial charge in [0.2, 0.25) is 0 Å². The number of likely N-dealkylation sites (tertiary alicyclic amines) is 1. The molecular weight excluding hydrogens is 242 g/mol. The Labute approximate surface area is 114 Å². The maximum Gasteiger partial charge on any atom is 0.270 e. The van der Waals surface area contributed by atoms with Gasteiger partial charge in [0.05, 0.1) is 6.61 Å². The summed E-state index contributed by atoms with van der Waals surface area (Å²) in [6.07, 6.45) is 2.91. The van der Waals surface area contributed by atoms with Crippen molar-refractivity contribution >= 4 is 5.91 Å². The summed E-state index contributed by atoms with van der Waals surface area (Å²) in [7, 11) is 1.66. The Morgan fingerprint density at radius 1 is 1.53 bits per heavy atom. The van der Waals surface area contributed by atoms with Crippen LogP contribution in [-0.2, 0) is 11.3 Å². The lowest BCUT2D eigenvalue weighted by atomic mass is 9.96. The molecule has 2 rings (SSSR count). The van der Waals surface area contributed by atoms with Gasteiger partial charge >= 0.3 is 0 Å². The van der Waals surface area contributed by atoms with Gasteiger partial charge in [0, 0.05) is 39.0 Å². The highest BCUT2D eigenvalue weighted by molar-refractivity contribution is 5.92. The third-order valence-electron chi connectivity index (χ3n) is 3.56. The minimum atomic E-state index is 0.0723. The van der Waals surface area contributed by atoms with E-state index in [9.17, 15) is 4.79 Å². The van der Waals surface area contributed by atoms with Crippen LogP contribution in [0.1, 0.15) is 23.8 Å². The van der Waals surface area contributed by atoms with Crippen molar-refractivity contribution in [2.45, 2.75) is 25.9 Å². The number of rotatable bonds is 4. The summed E-state index contributed by atoms with van der Waals surface area (Å²) in [5, 5.41) is 0. The second-order valence-corrected chi connectivity index (χ2v) is 5.39. The summed E-state index contributed by atoms with van der Waals surface area (Å²) < 4.78 is 7.00. The van der Waals surface area contributed by atoms with Crippen LogP contribution in [0.2, 0.25) is 0 Å². The van der Waals surface area contributed by atoms with Gasteiger partial charge in [0.25, 0.3) is 5.91 Å². The number of nitrogens with two attached hydrogens (primary N) is 1. The number of nitrogens with zero attached hydrogens (tertiary/aromatic N) is 2. The number of hydrogen-bond donors (Lipinski definition) is 1. The predicted molar refractivity (Wildman–Crippen MR) is 74.0 cm³/mol. The number of carbonyl (C=O) groups is 1. The first-order valence-corrected chi connectivity index (χ1v) is 6.80. The zero-order valence-electron chi connectivity index (χ0n) is 11.7. The maximum absolute atomic E-state index is 12.5. The van der Waals surface area contributed by atoms with Crippen molar-refractivity contribution in [2.24, 2.45) is 11.7 Å². The largest absolute Gasteiger partial charge is 0.383 e. The van der Waals surface area contributed by atoms with E-state index in [0.29, 0.717) is 25.6 Å². The number of carbonyl (C=O) groups excluding carboxylic acids is 1. The Kier molecular flexibility index (Phi) is 4.61. The molecular formula is C14H23N3O2. The number of amides is 1. The van der Waals surface area contributed by atoms with Crippen LogP contribution in [0, 0.1) is 5.92 Å². The smallest absolute Gasteiger partial charge is 0.270 e. The van der Waals surface area contributed by atoms with Gasteiger partial charge in [-0.15, -0.1) is 0 Å². The van der Waals surface area contributed by atoms with Gasteiger partial charge in [-0.05, 0) is 24.5 Å². The van der Waals surface area contributed by atoms with Gasteiger partial charge in [-0.1, -0.05) is 6.92 Å². The Balaban J connectivity index is 2.08. The van der Waals surface area contributed by atoms with Crippen LogP contribution >= 0.6 is 0 Å². The van der Waals surface area contributed by atoms with E-state index >= 15 is 0 Å². The molecule has 5 heteroatoms. The van der Waals surface area contributed by atoms with Crippen molar-refractivity contribution in [2.75, 3.05) is 26.8 Å². The van der Waals surface area contributed by atoms with E-state index < -0.39 is 0 Å². The number of piperidine rings is 1. The van der Waals surface area contributed by atoms with Gasteiger partial charge in [0.15, 0.2) is 0 Å². The summed E-state index contributed by atoms with van der Waals surface area (Å²) in [4.78, 5) is 14.4. The number of methoxy groups -OCH3 is 1. The molecule has 0 spiro atoms. The molecule has 1 saturated heterocycles. The third-order valence-corrected chi connectivity index (χ3v) is 3.56. The molecule has 0 saturated carbocycles. The molecule has 19 heavy (non-hydrogen) atoms. The number of aromatic nitrogens is 1. The van der Waals surface area contributed by atoms with Crippen LogP contribution in [0.4, 0.5) is 0 Å². The summed E-state index contributed by atoms with van der Waals surface area (Å²) in [5.74, 6) is 0.540. The first-order valence-electron chi connectivity index (χ1n) is 6.80. The summed E-state index contributed by atoms with van der Waals surface area (Å²) in [6.45, 7) is 4.88. The highest BCUT2D eigenvalue weighted by atomic mass is 16.5. The van der Waals surface area contributed by atoms with Crippen LogP contribution in [0.5, 0.6) is 0 Å². The standard InChI is InChI=1S/C14H23N3O2/c1-11-8-12(15)10-17(9-11)14(18)13-4-3-5-16(13)6-7-19-2/h3-5,11-12H,6-10,15H2,1-2H3. The fraction of sp³-hybridized carbons (Fsp3) is 0.643. The zero-order valence-corrected chi connectivity index (χ0v) is 11.7. The summed E-state index contributed by atoms with van der Waals surface area (Å²) >= 11 is 0. The molecule has 106 valence electrons. The van der Waals surface area contributed by atoms with Crippen LogP contribution in [-0.4, -0.2) is 48.2 Å². The lowest BCUT2D eigenvalue weighted by molar-refractivity contribution is 0.0647. The Morgan fingerprint density at radius 3 is 3.00 bits per heavy atom. The molecule has 1 aliphatic heterocycles. The molecule has 0 aromatic carbocycles. The Bertz CT molecular complexity index is 420. The van der Waals surface area contributed by atoms with Crippen molar-refractivity contribution < 1.29 is 9.53 Å². The van der Waals surface area contributed by atoms with E-state index in [1.54, 1.807) is 7.11 Å². The lowest BCUT2D eigenvalue weighted by Crippen LogP contribution is -2.49. The molecule has 0 aliphatic carbocycles. The van der Waals surface area contributed by atoms with Crippen molar-refractivity contribution in [1.82, 2.24) is 9.47 Å². The summed E-state index contributed by atoms with van der Waals surface area (Å²) in [5.41, 5.74) is 6.72. The van der Waals surface area contributed by atoms with Gasteiger partial charge in [-0.2, -0.15) is 0 Å². The zero-order chi connectivity index (χ0) is 13.8. The molecule has 1 fully saturated rings. The molecule has 5 nitrogen and oxygen atoms in total. The number of ether oxygens (including phenoxy) is 1. The van der Waals surface area contributed by atoms with Gasteiger partial charge in [-0.3, -0.25) is 4.79 Å². The molecule has 2 atom stereocenters. The average molecular weight is 265 g/mol. The van der Waals surface area contributed by atoms with E-state index in [1.807, 2.05) is 27.8 Å². The third kappa shape index (κ3) is 3.36. The Morgan fingerprint density at radius 2 is 2.32 bits per heavy atom. The van der Waals surface area contributed by atoms with Gasteiger partial charge in [-0.25, -0.2) is 0 Å². The summed E-state index contributed by atoms with van der Waals surface area (Å²) in [6, 6.07) is 3.86. The van der Waals surface area contributed by atoms with E-state index in [-0.39, 0.29) is 11.9 Å². The maximum atomic E-state index is 12.5. The predicted octanol–water partition coefficient (Wildman–Crippen LogP) is 0.944. The molecule has 0 radical (unpaired) electrons. The monoisotopic (exact) mass is 265 g/mol. The molecule has 2 unspecified atom stereocenters. The molecule has 1 aliphatic rings. The SMILES string of the molecule is COCCn1cccc1C(=O)N1CC(C)CC(N)C1. The van der Waals surface area contributed by atoms with Crippen LogP contribution in [0.25, 0.3) is 0 Å². The lowest BCUT2D eigenvalue weighted by Gasteiger charge is -2.34. The second kappa shape index (κ2) is 6.21. The van der Waals surface area contributed by atoms with Crippen LogP contribution in [0.3, 0.4) is 0 Å². The molecule has 2 N–H and O–H groups in total. The highest BCUT2D eigenvalue weighted by Crippen LogP contribution is 2.17. The van der Waals surface area contributed by atoms with Gasteiger partial charge < -0.3 is 19.9 Å². The average Bonchev–Trinajstić information content (AvgIpc) is 2.82. The Hall–Kier alpha value is -1.33. The minimum absolute atomic E-state index is 0.0723. The molecule has 1 aromatic rings. The van der Waals surface area contributed by atoms with Crippen LogP contribution < -0.4 is 5.73 Å². The van der Waals surface area contributed by atoms with E-state index in [0.717, 1.165) is 18.7 Å². The van der Waals surface area contributed by atoms with Gasteiger partial charge in [0.1, 0.15) is 5.69 Å². The van der Waals surface area contributed by atoms with Crippen molar-refractivity contribution in [1.29, 1.82) is 0 Å². The van der Waals surface area contributed by atoms with E-state index in [1.165, 1.54) is 0 Å². The quantitative estimate of drug-likeness (QED) is 0.881. The first kappa shape index (κ1) is 14.1. The second-order valence-electron chi connectivity index (χ2n) is 5.39. The van der Waals surface area contributed by atoms with E-state index in [2.05, 4.69) is 6.92 Å². The molecule has 2 heterocycles. The highest BCUT2D eigenvalue weighted by Gasteiger charge is 2.27. The fourth-order valence-corrected chi connectivity index (χ4v) is 2.72. The van der Waals surface area contributed by atoms with Crippen molar-refractivity contribution in [3.63, 3.8) is 0 Å². The molecule has 1 amide bonds. The first-order chi connectivity index (χ1) is 9.11.